The molecule has 2 amide bonds. The number of hydrogen-bond donors (Lipinski definition) is 3. The van der Waals surface area contributed by atoms with Gasteiger partial charge < -0.3 is 20.9 Å². The Balaban J connectivity index is 1.88. The molecule has 1 fully saturated rings. The third kappa shape index (κ3) is 5.56. The van der Waals surface area contributed by atoms with Crippen LogP contribution in [0.25, 0.3) is 0 Å². The standard InChI is InChI=1S/C18H30N4O3/c1-4-12-9-13(20-17(23)8-11(3)19)6-7-15(12)21-18(24)16-10-14(5-2)25-22-16/h10-13,15H,4-9,19H2,1-3H3,(H,20,23)(H,21,24)/t11?,12-,13+,15+/m1/s1. The molecule has 1 aliphatic rings. The van der Waals surface area contributed by atoms with Gasteiger partial charge >= 0.3 is 0 Å². The normalized spacial score (nSPS) is 24.6. The maximum Gasteiger partial charge on any atom is 0.273 e. The molecule has 1 aromatic rings. The largest absolute Gasteiger partial charge is 0.361 e. The van der Waals surface area contributed by atoms with Gasteiger partial charge in [-0.2, -0.15) is 0 Å². The van der Waals surface area contributed by atoms with E-state index in [1.54, 1.807) is 6.07 Å². The van der Waals surface area contributed by atoms with Crippen molar-refractivity contribution in [2.24, 2.45) is 11.7 Å². The predicted molar refractivity (Wildman–Crippen MR) is 95.0 cm³/mol. The molecule has 0 saturated heterocycles. The van der Waals surface area contributed by atoms with Gasteiger partial charge in [-0.25, -0.2) is 0 Å². The number of nitrogens with one attached hydrogen (secondary N) is 2. The number of aromatic nitrogens is 1. The summed E-state index contributed by atoms with van der Waals surface area (Å²) in [5.74, 6) is 0.854. The van der Waals surface area contributed by atoms with Gasteiger partial charge in [0.05, 0.1) is 0 Å². The van der Waals surface area contributed by atoms with Crippen molar-refractivity contribution in [2.75, 3.05) is 0 Å². The molecule has 1 unspecified atom stereocenters. The highest BCUT2D eigenvalue weighted by Gasteiger charge is 2.31. The van der Waals surface area contributed by atoms with Crippen LogP contribution in [-0.2, 0) is 11.2 Å². The third-order valence-electron chi connectivity index (χ3n) is 4.84. The Hall–Kier alpha value is -1.89. The number of nitrogens with two attached hydrogens (primary N) is 1. The average molecular weight is 350 g/mol. The van der Waals surface area contributed by atoms with Gasteiger partial charge in [-0.1, -0.05) is 25.4 Å². The SMILES string of the molecule is CCc1cc(C(=O)N[C@H]2CC[C@H](NC(=O)CC(C)N)C[C@H]2CC)no1. The summed E-state index contributed by atoms with van der Waals surface area (Å²) in [6.45, 7) is 5.90. The van der Waals surface area contributed by atoms with Gasteiger partial charge in [0.15, 0.2) is 5.69 Å². The van der Waals surface area contributed by atoms with E-state index in [1.165, 1.54) is 0 Å². The highest BCUT2D eigenvalue weighted by Crippen LogP contribution is 2.27. The number of carbonyl (C=O) groups excluding carboxylic acids is 2. The Morgan fingerprint density at radius 1 is 1.36 bits per heavy atom. The quantitative estimate of drug-likeness (QED) is 0.694. The summed E-state index contributed by atoms with van der Waals surface area (Å²) >= 11 is 0. The summed E-state index contributed by atoms with van der Waals surface area (Å²) < 4.78 is 5.10. The van der Waals surface area contributed by atoms with Crippen molar-refractivity contribution in [3.05, 3.63) is 17.5 Å². The first-order valence-electron chi connectivity index (χ1n) is 9.24. The van der Waals surface area contributed by atoms with Gasteiger partial charge in [0, 0.05) is 37.0 Å². The third-order valence-corrected chi connectivity index (χ3v) is 4.84. The van der Waals surface area contributed by atoms with E-state index in [0.29, 0.717) is 30.2 Å². The Kier molecular flexibility index (Phi) is 6.99. The molecule has 7 nitrogen and oxygen atoms in total. The number of aryl methyl sites for hydroxylation is 1. The van der Waals surface area contributed by atoms with E-state index in [0.717, 1.165) is 25.7 Å². The monoisotopic (exact) mass is 350 g/mol. The van der Waals surface area contributed by atoms with Crippen LogP contribution >= 0.6 is 0 Å². The molecule has 1 heterocycles. The fourth-order valence-electron chi connectivity index (χ4n) is 3.44. The van der Waals surface area contributed by atoms with Gasteiger partial charge in [-0.3, -0.25) is 9.59 Å². The minimum atomic E-state index is -0.189. The van der Waals surface area contributed by atoms with Crippen LogP contribution in [0.1, 0.15) is 69.1 Å². The van der Waals surface area contributed by atoms with Gasteiger partial charge in [-0.05, 0) is 32.1 Å². The van der Waals surface area contributed by atoms with Crippen LogP contribution in [0.15, 0.2) is 10.6 Å². The second kappa shape index (κ2) is 8.99. The summed E-state index contributed by atoms with van der Waals surface area (Å²) in [5.41, 5.74) is 6.01. The number of amides is 2. The van der Waals surface area contributed by atoms with Crippen LogP contribution in [0.2, 0.25) is 0 Å². The van der Waals surface area contributed by atoms with Gasteiger partial charge in [0.1, 0.15) is 5.76 Å². The van der Waals surface area contributed by atoms with Crippen LogP contribution in [-0.4, -0.2) is 35.1 Å². The minimum Gasteiger partial charge on any atom is -0.361 e. The van der Waals surface area contributed by atoms with Crippen molar-refractivity contribution in [1.82, 2.24) is 15.8 Å². The van der Waals surface area contributed by atoms with E-state index in [9.17, 15) is 9.59 Å². The molecule has 25 heavy (non-hydrogen) atoms. The second-order valence-electron chi connectivity index (χ2n) is 7.04. The van der Waals surface area contributed by atoms with Crippen LogP contribution < -0.4 is 16.4 Å². The van der Waals surface area contributed by atoms with Gasteiger partial charge in [-0.15, -0.1) is 0 Å². The summed E-state index contributed by atoms with van der Waals surface area (Å²) in [7, 11) is 0. The lowest BCUT2D eigenvalue weighted by Gasteiger charge is -2.36. The molecule has 140 valence electrons. The molecule has 2 rings (SSSR count). The molecule has 4 N–H and O–H groups in total. The lowest BCUT2D eigenvalue weighted by Crippen LogP contribution is -2.49. The maximum absolute atomic E-state index is 12.4. The molecule has 1 aliphatic carbocycles. The van der Waals surface area contributed by atoms with Gasteiger partial charge in [0.2, 0.25) is 5.91 Å². The zero-order valence-electron chi connectivity index (χ0n) is 15.4. The topological polar surface area (TPSA) is 110 Å². The highest BCUT2D eigenvalue weighted by atomic mass is 16.5. The van der Waals surface area contributed by atoms with E-state index in [1.807, 2.05) is 13.8 Å². The molecular formula is C18H30N4O3. The summed E-state index contributed by atoms with van der Waals surface area (Å²) in [6, 6.07) is 1.81. The summed E-state index contributed by atoms with van der Waals surface area (Å²) in [4.78, 5) is 24.3. The molecule has 0 radical (unpaired) electrons. The van der Waals surface area contributed by atoms with E-state index >= 15 is 0 Å². The van der Waals surface area contributed by atoms with Crippen molar-refractivity contribution < 1.29 is 14.1 Å². The van der Waals surface area contributed by atoms with Crippen molar-refractivity contribution in [3.63, 3.8) is 0 Å². The number of nitrogens with zero attached hydrogens (tertiary/aromatic N) is 1. The second-order valence-corrected chi connectivity index (χ2v) is 7.04. The predicted octanol–water partition coefficient (Wildman–Crippen LogP) is 1.77. The van der Waals surface area contributed by atoms with Gasteiger partial charge in [0.25, 0.3) is 5.91 Å². The zero-order chi connectivity index (χ0) is 18.4. The Morgan fingerprint density at radius 3 is 2.72 bits per heavy atom. The Morgan fingerprint density at radius 2 is 2.12 bits per heavy atom. The van der Waals surface area contributed by atoms with Crippen LogP contribution in [0.4, 0.5) is 0 Å². The fourth-order valence-corrected chi connectivity index (χ4v) is 3.44. The molecule has 1 saturated carbocycles. The molecule has 0 aromatic carbocycles. The molecule has 0 bridgehead atoms. The lowest BCUT2D eigenvalue weighted by molar-refractivity contribution is -0.122. The number of hydrogen-bond acceptors (Lipinski definition) is 5. The average Bonchev–Trinajstić information content (AvgIpc) is 3.04. The summed E-state index contributed by atoms with van der Waals surface area (Å²) in [6.07, 6.45) is 4.56. The number of carbonyl (C=O) groups is 2. The summed E-state index contributed by atoms with van der Waals surface area (Å²) in [5, 5.41) is 9.99. The van der Waals surface area contributed by atoms with Crippen LogP contribution in [0.5, 0.6) is 0 Å². The first-order chi connectivity index (χ1) is 11.9. The highest BCUT2D eigenvalue weighted by molar-refractivity contribution is 5.92. The van der Waals surface area contributed by atoms with Crippen LogP contribution in [0, 0.1) is 5.92 Å². The maximum atomic E-state index is 12.4. The molecule has 7 heteroatoms. The van der Waals surface area contributed by atoms with Crippen molar-refractivity contribution >= 4 is 11.8 Å². The fraction of sp³-hybridized carbons (Fsp3) is 0.722. The number of rotatable bonds is 7. The Labute approximate surface area is 149 Å². The minimum absolute atomic E-state index is 0.00651. The van der Waals surface area contributed by atoms with Crippen molar-refractivity contribution in [2.45, 2.75) is 77.4 Å². The first-order valence-corrected chi connectivity index (χ1v) is 9.24. The van der Waals surface area contributed by atoms with E-state index in [2.05, 4.69) is 22.7 Å². The smallest absolute Gasteiger partial charge is 0.273 e. The molecule has 0 spiro atoms. The van der Waals surface area contributed by atoms with Crippen molar-refractivity contribution in [1.29, 1.82) is 0 Å². The van der Waals surface area contributed by atoms with Crippen LogP contribution in [0.3, 0.4) is 0 Å². The zero-order valence-corrected chi connectivity index (χ0v) is 15.4. The Bertz CT molecular complexity index is 585. The molecule has 1 aromatic heterocycles. The first kappa shape index (κ1) is 19.4. The van der Waals surface area contributed by atoms with E-state index in [-0.39, 0.29) is 29.9 Å². The molecular weight excluding hydrogens is 320 g/mol. The van der Waals surface area contributed by atoms with E-state index in [4.69, 9.17) is 10.3 Å². The lowest BCUT2D eigenvalue weighted by atomic mass is 9.80. The molecule has 4 atom stereocenters. The molecule has 0 aliphatic heterocycles. The van der Waals surface area contributed by atoms with E-state index < -0.39 is 0 Å². The van der Waals surface area contributed by atoms with Crippen molar-refractivity contribution in [3.8, 4) is 0 Å².